The molecule has 0 unspecified atom stereocenters. The summed E-state index contributed by atoms with van der Waals surface area (Å²) in [5.41, 5.74) is 4.45. The van der Waals surface area contributed by atoms with E-state index in [-0.39, 0.29) is 5.41 Å². The van der Waals surface area contributed by atoms with Crippen molar-refractivity contribution in [1.29, 1.82) is 0 Å². The number of fused-ring (bicyclic) bond motifs is 1. The minimum absolute atomic E-state index is 0.201. The Morgan fingerprint density at radius 2 is 1.88 bits per heavy atom. The molecule has 1 heteroatoms. The van der Waals surface area contributed by atoms with Gasteiger partial charge >= 0.3 is 0 Å². The van der Waals surface area contributed by atoms with E-state index in [1.165, 1.54) is 22.4 Å². The van der Waals surface area contributed by atoms with Gasteiger partial charge in [-0.2, -0.15) is 0 Å². The molecular weight excluding hydrogens is 208 g/mol. The molecule has 1 nitrogen and oxygen atoms in total. The monoisotopic (exact) mass is 232 g/mol. The molecule has 0 saturated heterocycles. The summed E-state index contributed by atoms with van der Waals surface area (Å²) >= 11 is 0. The van der Waals surface area contributed by atoms with Crippen LogP contribution in [0.1, 0.15) is 64.2 Å². The molecule has 94 valence electrons. The van der Waals surface area contributed by atoms with Crippen molar-refractivity contribution in [3.63, 3.8) is 0 Å². The van der Waals surface area contributed by atoms with Gasteiger partial charge in [0.25, 0.3) is 0 Å². The average molecular weight is 232 g/mol. The zero-order valence-electron chi connectivity index (χ0n) is 11.9. The van der Waals surface area contributed by atoms with Crippen molar-refractivity contribution in [1.82, 2.24) is 0 Å². The lowest BCUT2D eigenvalue weighted by Gasteiger charge is -2.23. The van der Waals surface area contributed by atoms with E-state index in [2.05, 4.69) is 53.7 Å². The first-order valence-electron chi connectivity index (χ1n) is 6.63. The predicted molar refractivity (Wildman–Crippen MR) is 73.0 cm³/mol. The van der Waals surface area contributed by atoms with E-state index in [0.717, 1.165) is 6.42 Å². The number of ether oxygens (including phenoxy) is 1. The van der Waals surface area contributed by atoms with Gasteiger partial charge in [-0.05, 0) is 29.4 Å². The molecule has 0 N–H and O–H groups in total. The molecule has 0 aromatic heterocycles. The summed E-state index contributed by atoms with van der Waals surface area (Å²) in [7, 11) is 0. The van der Waals surface area contributed by atoms with E-state index in [1.54, 1.807) is 0 Å². The summed E-state index contributed by atoms with van der Waals surface area (Å²) in [6.45, 7) is 13.5. The molecule has 0 radical (unpaired) electrons. The highest BCUT2D eigenvalue weighted by Crippen LogP contribution is 2.42. The van der Waals surface area contributed by atoms with Gasteiger partial charge in [0.2, 0.25) is 0 Å². The fourth-order valence-corrected chi connectivity index (χ4v) is 2.68. The Labute approximate surface area is 105 Å². The van der Waals surface area contributed by atoms with Crippen LogP contribution in [0, 0.1) is 0 Å². The summed E-state index contributed by atoms with van der Waals surface area (Å²) in [6.07, 6.45) is 1.38. The molecule has 0 saturated carbocycles. The lowest BCUT2D eigenvalue weighted by molar-refractivity contribution is 0.252. The van der Waals surface area contributed by atoms with Crippen LogP contribution in [0.3, 0.4) is 0 Å². The Bertz CT molecular complexity index is 424. The third-order valence-electron chi connectivity index (χ3n) is 3.53. The van der Waals surface area contributed by atoms with Gasteiger partial charge in [0.1, 0.15) is 11.9 Å². The largest absolute Gasteiger partial charge is 0.490 e. The SMILES string of the molecule is CC(C)c1ccc(C(C)(C)C)c2c1O[C@H](C)C2. The number of hydrogen-bond donors (Lipinski definition) is 0. The standard InChI is InChI=1S/C16H24O/c1-10(2)12-7-8-14(16(4,5)6)13-9-11(3)17-15(12)13/h7-8,10-11H,9H2,1-6H3/t11-/m1/s1. The van der Waals surface area contributed by atoms with Crippen LogP contribution >= 0.6 is 0 Å². The third-order valence-corrected chi connectivity index (χ3v) is 3.53. The first-order chi connectivity index (χ1) is 7.80. The molecular formula is C16H24O. The summed E-state index contributed by atoms with van der Waals surface area (Å²) in [4.78, 5) is 0. The molecule has 1 heterocycles. The van der Waals surface area contributed by atoms with Crippen LogP contribution in [-0.4, -0.2) is 6.10 Å². The van der Waals surface area contributed by atoms with Gasteiger partial charge in [-0.3, -0.25) is 0 Å². The zero-order chi connectivity index (χ0) is 12.8. The van der Waals surface area contributed by atoms with Crippen molar-refractivity contribution < 1.29 is 4.74 Å². The molecule has 0 spiro atoms. The maximum absolute atomic E-state index is 6.04. The summed E-state index contributed by atoms with van der Waals surface area (Å²) < 4.78 is 6.04. The van der Waals surface area contributed by atoms with E-state index in [9.17, 15) is 0 Å². The fourth-order valence-electron chi connectivity index (χ4n) is 2.68. The Balaban J connectivity index is 2.59. The Morgan fingerprint density at radius 1 is 1.24 bits per heavy atom. The highest BCUT2D eigenvalue weighted by Gasteiger charge is 2.29. The van der Waals surface area contributed by atoms with Crippen molar-refractivity contribution in [2.24, 2.45) is 0 Å². The molecule has 17 heavy (non-hydrogen) atoms. The second-order valence-corrected chi connectivity index (χ2v) is 6.55. The van der Waals surface area contributed by atoms with Crippen molar-refractivity contribution in [2.75, 3.05) is 0 Å². The molecule has 1 aromatic carbocycles. The zero-order valence-corrected chi connectivity index (χ0v) is 11.9. The van der Waals surface area contributed by atoms with E-state index < -0.39 is 0 Å². The van der Waals surface area contributed by atoms with Crippen LogP contribution in [0.5, 0.6) is 5.75 Å². The quantitative estimate of drug-likeness (QED) is 0.696. The predicted octanol–water partition coefficient (Wildman–Crippen LogP) is 4.43. The maximum atomic E-state index is 6.04. The Morgan fingerprint density at radius 3 is 2.41 bits per heavy atom. The van der Waals surface area contributed by atoms with E-state index in [4.69, 9.17) is 4.74 Å². The van der Waals surface area contributed by atoms with Gasteiger partial charge in [0, 0.05) is 12.0 Å². The summed E-state index contributed by atoms with van der Waals surface area (Å²) in [6, 6.07) is 4.55. The first kappa shape index (κ1) is 12.5. The molecule has 0 amide bonds. The van der Waals surface area contributed by atoms with Gasteiger partial charge in [0.15, 0.2) is 0 Å². The van der Waals surface area contributed by atoms with Gasteiger partial charge in [-0.15, -0.1) is 0 Å². The molecule has 0 fully saturated rings. The van der Waals surface area contributed by atoms with Gasteiger partial charge in [-0.1, -0.05) is 46.8 Å². The number of hydrogen-bond acceptors (Lipinski definition) is 1. The van der Waals surface area contributed by atoms with E-state index in [1.807, 2.05) is 0 Å². The second-order valence-electron chi connectivity index (χ2n) is 6.55. The van der Waals surface area contributed by atoms with Crippen LogP contribution < -0.4 is 4.74 Å². The maximum Gasteiger partial charge on any atom is 0.126 e. The topological polar surface area (TPSA) is 9.23 Å². The van der Waals surface area contributed by atoms with Crippen LogP contribution in [0.4, 0.5) is 0 Å². The highest BCUT2D eigenvalue weighted by molar-refractivity contribution is 5.52. The fraction of sp³-hybridized carbons (Fsp3) is 0.625. The third kappa shape index (κ3) is 2.20. The molecule has 1 aliphatic rings. The first-order valence-corrected chi connectivity index (χ1v) is 6.63. The van der Waals surface area contributed by atoms with Crippen LogP contribution in [0.15, 0.2) is 12.1 Å². The van der Waals surface area contributed by atoms with Crippen molar-refractivity contribution in [3.8, 4) is 5.75 Å². The summed E-state index contributed by atoms with van der Waals surface area (Å²) in [5, 5.41) is 0. The average Bonchev–Trinajstić information content (AvgIpc) is 2.54. The molecule has 2 rings (SSSR count). The summed E-state index contributed by atoms with van der Waals surface area (Å²) in [5.74, 6) is 1.70. The Hall–Kier alpha value is -0.980. The van der Waals surface area contributed by atoms with E-state index in [0.29, 0.717) is 12.0 Å². The van der Waals surface area contributed by atoms with Crippen LogP contribution in [-0.2, 0) is 11.8 Å². The van der Waals surface area contributed by atoms with Crippen LogP contribution in [0.2, 0.25) is 0 Å². The highest BCUT2D eigenvalue weighted by atomic mass is 16.5. The van der Waals surface area contributed by atoms with Gasteiger partial charge < -0.3 is 4.74 Å². The molecule has 1 aromatic rings. The molecule has 0 bridgehead atoms. The molecule has 1 atom stereocenters. The molecule has 0 aliphatic carbocycles. The van der Waals surface area contributed by atoms with Crippen molar-refractivity contribution in [3.05, 3.63) is 28.8 Å². The van der Waals surface area contributed by atoms with E-state index >= 15 is 0 Å². The van der Waals surface area contributed by atoms with Gasteiger partial charge in [-0.25, -0.2) is 0 Å². The van der Waals surface area contributed by atoms with Gasteiger partial charge in [0.05, 0.1) is 0 Å². The van der Waals surface area contributed by atoms with Crippen molar-refractivity contribution >= 4 is 0 Å². The minimum Gasteiger partial charge on any atom is -0.490 e. The second kappa shape index (κ2) is 4.04. The normalized spacial score (nSPS) is 19.4. The Kier molecular flexibility index (Phi) is 2.97. The van der Waals surface area contributed by atoms with Crippen LogP contribution in [0.25, 0.3) is 0 Å². The smallest absolute Gasteiger partial charge is 0.126 e. The lowest BCUT2D eigenvalue weighted by atomic mass is 9.81. The lowest BCUT2D eigenvalue weighted by Crippen LogP contribution is -2.14. The number of benzene rings is 1. The minimum atomic E-state index is 0.201. The molecule has 1 aliphatic heterocycles. The number of rotatable bonds is 1. The van der Waals surface area contributed by atoms with Crippen molar-refractivity contribution in [2.45, 2.75) is 65.4 Å².